The SMILES string of the molecule is COc1cccc(C(CNS(=O)(=O)c2ccc(Cl)s2)N(C)C)c1. The third kappa shape index (κ3) is 4.68. The number of hydrogen-bond donors (Lipinski definition) is 1. The number of ether oxygens (including phenoxy) is 1. The monoisotopic (exact) mass is 374 g/mol. The van der Waals surface area contributed by atoms with Crippen LogP contribution in [-0.4, -0.2) is 41.1 Å². The number of sulfonamides is 1. The summed E-state index contributed by atoms with van der Waals surface area (Å²) < 4.78 is 33.2. The fourth-order valence-electron chi connectivity index (χ4n) is 2.15. The number of benzene rings is 1. The van der Waals surface area contributed by atoms with Gasteiger partial charge in [-0.25, -0.2) is 13.1 Å². The van der Waals surface area contributed by atoms with Crippen LogP contribution in [0, 0.1) is 0 Å². The first-order valence-electron chi connectivity index (χ1n) is 6.89. The van der Waals surface area contributed by atoms with Crippen LogP contribution in [0.2, 0.25) is 4.34 Å². The largest absolute Gasteiger partial charge is 0.497 e. The standard InChI is InChI=1S/C15H19ClN2O3S2/c1-18(2)13(11-5-4-6-12(9-11)21-3)10-17-23(19,20)15-8-7-14(16)22-15/h4-9,13,17H,10H2,1-3H3. The van der Waals surface area contributed by atoms with Crippen molar-refractivity contribution in [2.75, 3.05) is 27.7 Å². The van der Waals surface area contributed by atoms with Crippen LogP contribution in [0.1, 0.15) is 11.6 Å². The molecular formula is C15H19ClN2O3S2. The third-order valence-corrected chi connectivity index (χ3v) is 6.53. The van der Waals surface area contributed by atoms with Crippen molar-refractivity contribution >= 4 is 33.0 Å². The molecule has 0 spiro atoms. The van der Waals surface area contributed by atoms with Gasteiger partial charge in [0.05, 0.1) is 11.4 Å². The van der Waals surface area contributed by atoms with Crippen LogP contribution in [0.3, 0.4) is 0 Å². The fourth-order valence-corrected chi connectivity index (χ4v) is 4.71. The minimum Gasteiger partial charge on any atom is -0.497 e. The van der Waals surface area contributed by atoms with Gasteiger partial charge in [0.25, 0.3) is 0 Å². The molecular weight excluding hydrogens is 356 g/mol. The number of likely N-dealkylation sites (N-methyl/N-ethyl adjacent to an activating group) is 1. The van der Waals surface area contributed by atoms with Crippen LogP contribution in [0.4, 0.5) is 0 Å². The Bertz CT molecular complexity index is 760. The molecule has 1 atom stereocenters. The molecule has 0 bridgehead atoms. The molecule has 2 aromatic rings. The highest BCUT2D eigenvalue weighted by atomic mass is 35.5. The molecule has 0 saturated carbocycles. The van der Waals surface area contributed by atoms with Crippen LogP contribution in [0.5, 0.6) is 5.75 Å². The van der Waals surface area contributed by atoms with Crippen molar-refractivity contribution in [2.24, 2.45) is 0 Å². The summed E-state index contributed by atoms with van der Waals surface area (Å²) in [6, 6.07) is 10.6. The van der Waals surface area contributed by atoms with Crippen molar-refractivity contribution in [1.82, 2.24) is 9.62 Å². The van der Waals surface area contributed by atoms with Crippen LogP contribution < -0.4 is 9.46 Å². The number of nitrogens with zero attached hydrogens (tertiary/aromatic N) is 1. The summed E-state index contributed by atoms with van der Waals surface area (Å²) in [6.45, 7) is 0.248. The van der Waals surface area contributed by atoms with Gasteiger partial charge in [-0.2, -0.15) is 0 Å². The van der Waals surface area contributed by atoms with E-state index in [0.29, 0.717) is 4.34 Å². The average Bonchev–Trinajstić information content (AvgIpc) is 2.95. The topological polar surface area (TPSA) is 58.6 Å². The minimum absolute atomic E-state index is 0.115. The Morgan fingerprint density at radius 1 is 1.30 bits per heavy atom. The predicted molar refractivity (Wildman–Crippen MR) is 93.9 cm³/mol. The van der Waals surface area contributed by atoms with Gasteiger partial charge >= 0.3 is 0 Å². The zero-order valence-electron chi connectivity index (χ0n) is 13.1. The Kier molecular flexibility index (Phi) is 6.05. The van der Waals surface area contributed by atoms with E-state index in [2.05, 4.69) is 4.72 Å². The maximum absolute atomic E-state index is 12.3. The van der Waals surface area contributed by atoms with E-state index in [1.165, 1.54) is 6.07 Å². The Hall–Kier alpha value is -1.12. The van der Waals surface area contributed by atoms with Gasteiger partial charge in [-0.3, -0.25) is 0 Å². The van der Waals surface area contributed by atoms with Crippen LogP contribution in [0.15, 0.2) is 40.6 Å². The lowest BCUT2D eigenvalue weighted by Crippen LogP contribution is -2.34. The van der Waals surface area contributed by atoms with E-state index in [9.17, 15) is 8.42 Å². The summed E-state index contributed by atoms with van der Waals surface area (Å²) in [5, 5.41) is 0. The van der Waals surface area contributed by atoms with Crippen LogP contribution in [-0.2, 0) is 10.0 Å². The van der Waals surface area contributed by atoms with Crippen LogP contribution >= 0.6 is 22.9 Å². The Morgan fingerprint density at radius 3 is 2.61 bits per heavy atom. The second-order valence-corrected chi connectivity index (χ2v) is 8.88. The Labute approximate surface area is 145 Å². The molecule has 0 amide bonds. The van der Waals surface area contributed by atoms with E-state index < -0.39 is 10.0 Å². The molecule has 0 aliphatic rings. The van der Waals surface area contributed by atoms with E-state index >= 15 is 0 Å². The van der Waals surface area contributed by atoms with Gasteiger partial charge in [0, 0.05) is 12.6 Å². The van der Waals surface area contributed by atoms with E-state index in [-0.39, 0.29) is 16.8 Å². The number of hydrogen-bond acceptors (Lipinski definition) is 5. The molecule has 1 N–H and O–H groups in total. The Balaban J connectivity index is 2.17. The summed E-state index contributed by atoms with van der Waals surface area (Å²) in [5.74, 6) is 0.738. The number of halogens is 1. The molecule has 2 rings (SSSR count). The van der Waals surface area contributed by atoms with Crippen molar-refractivity contribution in [3.63, 3.8) is 0 Å². The summed E-state index contributed by atoms with van der Waals surface area (Å²) in [7, 11) is 1.85. The second kappa shape index (κ2) is 7.63. The molecule has 1 aromatic heterocycles. The maximum atomic E-state index is 12.3. The molecule has 23 heavy (non-hydrogen) atoms. The molecule has 5 nitrogen and oxygen atoms in total. The summed E-state index contributed by atoms with van der Waals surface area (Å²) >= 11 is 6.85. The van der Waals surface area contributed by atoms with Crippen molar-refractivity contribution in [3.05, 3.63) is 46.3 Å². The average molecular weight is 375 g/mol. The molecule has 8 heteroatoms. The number of methoxy groups -OCH3 is 1. The van der Waals surface area contributed by atoms with E-state index in [4.69, 9.17) is 16.3 Å². The van der Waals surface area contributed by atoms with Gasteiger partial charge in [0.1, 0.15) is 9.96 Å². The van der Waals surface area contributed by atoms with Crippen LogP contribution in [0.25, 0.3) is 0 Å². The van der Waals surface area contributed by atoms with Gasteiger partial charge in [-0.15, -0.1) is 11.3 Å². The molecule has 0 fully saturated rings. The van der Waals surface area contributed by atoms with Gasteiger partial charge in [0.2, 0.25) is 10.0 Å². The van der Waals surface area contributed by atoms with Crippen molar-refractivity contribution in [1.29, 1.82) is 0 Å². The van der Waals surface area contributed by atoms with Crippen molar-refractivity contribution < 1.29 is 13.2 Å². The first-order chi connectivity index (χ1) is 10.8. The summed E-state index contributed by atoms with van der Waals surface area (Å²) in [6.07, 6.45) is 0. The van der Waals surface area contributed by atoms with Crippen molar-refractivity contribution in [3.8, 4) is 5.75 Å². The van der Waals surface area contributed by atoms with Crippen molar-refractivity contribution in [2.45, 2.75) is 10.3 Å². The van der Waals surface area contributed by atoms with Gasteiger partial charge < -0.3 is 9.64 Å². The number of rotatable bonds is 7. The molecule has 1 heterocycles. The number of nitrogens with one attached hydrogen (secondary N) is 1. The highest BCUT2D eigenvalue weighted by Gasteiger charge is 2.21. The lowest BCUT2D eigenvalue weighted by Gasteiger charge is -2.25. The lowest BCUT2D eigenvalue weighted by molar-refractivity contribution is 0.298. The molecule has 0 saturated heterocycles. The molecule has 0 radical (unpaired) electrons. The summed E-state index contributed by atoms with van der Waals surface area (Å²) in [4.78, 5) is 1.96. The molecule has 1 unspecified atom stereocenters. The lowest BCUT2D eigenvalue weighted by atomic mass is 10.1. The van der Waals surface area contributed by atoms with Gasteiger partial charge in [0.15, 0.2) is 0 Å². The normalized spacial score (nSPS) is 13.3. The molecule has 1 aromatic carbocycles. The highest BCUT2D eigenvalue weighted by molar-refractivity contribution is 7.91. The maximum Gasteiger partial charge on any atom is 0.250 e. The summed E-state index contributed by atoms with van der Waals surface area (Å²) in [5.41, 5.74) is 0.973. The number of thiophene rings is 1. The molecule has 0 aliphatic carbocycles. The molecule has 0 aliphatic heterocycles. The van der Waals surface area contributed by atoms with E-state index in [1.807, 2.05) is 43.3 Å². The highest BCUT2D eigenvalue weighted by Crippen LogP contribution is 2.26. The van der Waals surface area contributed by atoms with Gasteiger partial charge in [-0.05, 0) is 43.9 Å². The van der Waals surface area contributed by atoms with E-state index in [1.54, 1.807) is 13.2 Å². The first kappa shape index (κ1) is 18.2. The van der Waals surface area contributed by atoms with Gasteiger partial charge in [-0.1, -0.05) is 23.7 Å². The Morgan fingerprint density at radius 2 is 2.04 bits per heavy atom. The third-order valence-electron chi connectivity index (χ3n) is 3.38. The smallest absolute Gasteiger partial charge is 0.250 e. The zero-order chi connectivity index (χ0) is 17.0. The zero-order valence-corrected chi connectivity index (χ0v) is 15.5. The predicted octanol–water partition coefficient (Wildman–Crippen LogP) is 2.99. The van der Waals surface area contributed by atoms with E-state index in [0.717, 1.165) is 22.6 Å². The quantitative estimate of drug-likeness (QED) is 0.809. The first-order valence-corrected chi connectivity index (χ1v) is 9.56. The molecule has 126 valence electrons. The second-order valence-electron chi connectivity index (χ2n) is 5.17. The minimum atomic E-state index is -3.57. The fraction of sp³-hybridized carbons (Fsp3) is 0.333.